The molecule has 0 spiro atoms. The minimum Gasteiger partial charge on any atom is -0.467 e. The van der Waals surface area contributed by atoms with Crippen molar-refractivity contribution in [2.45, 2.75) is 18.4 Å². The van der Waals surface area contributed by atoms with Crippen molar-refractivity contribution in [3.63, 3.8) is 0 Å². The molecule has 0 fully saturated rings. The van der Waals surface area contributed by atoms with Crippen LogP contribution in [-0.4, -0.2) is 34.4 Å². The molecule has 0 saturated heterocycles. The van der Waals surface area contributed by atoms with Crippen molar-refractivity contribution in [3.05, 3.63) is 84.2 Å². The third kappa shape index (κ3) is 3.25. The second kappa shape index (κ2) is 7.21. The van der Waals surface area contributed by atoms with Crippen molar-refractivity contribution in [2.24, 2.45) is 4.99 Å². The summed E-state index contributed by atoms with van der Waals surface area (Å²) in [6.45, 7) is -0.298. The summed E-state index contributed by atoms with van der Waals surface area (Å²) in [5.74, 6) is -3.05. The highest BCUT2D eigenvalue weighted by molar-refractivity contribution is 6.16. The van der Waals surface area contributed by atoms with Gasteiger partial charge < -0.3 is 14.2 Å². The number of nitrogens with zero attached hydrogens (tertiary/aromatic N) is 2. The van der Waals surface area contributed by atoms with E-state index in [4.69, 9.17) is 8.83 Å². The Bertz CT molecular complexity index is 1080. The van der Waals surface area contributed by atoms with E-state index in [-0.39, 0.29) is 29.5 Å². The lowest BCUT2D eigenvalue weighted by molar-refractivity contribution is -0.196. The van der Waals surface area contributed by atoms with Gasteiger partial charge in [-0.3, -0.25) is 14.5 Å². The van der Waals surface area contributed by atoms with Crippen molar-refractivity contribution in [1.82, 2.24) is 10.2 Å². The summed E-state index contributed by atoms with van der Waals surface area (Å²) in [7, 11) is 0. The van der Waals surface area contributed by atoms with Crippen LogP contribution in [0, 0.1) is 0 Å². The Morgan fingerprint density at radius 3 is 2.33 bits per heavy atom. The van der Waals surface area contributed by atoms with Gasteiger partial charge in [0.1, 0.15) is 11.6 Å². The van der Waals surface area contributed by atoms with Crippen LogP contribution in [0.15, 0.2) is 81.0 Å². The summed E-state index contributed by atoms with van der Waals surface area (Å²) in [6, 6.07) is 13.5. The molecule has 30 heavy (non-hydrogen) atoms. The molecule has 1 aromatic carbocycles. The minimum atomic E-state index is -5.22. The van der Waals surface area contributed by atoms with Gasteiger partial charge in [-0.25, -0.2) is 4.99 Å². The molecular formula is C20H14F3N3O4. The molecule has 154 valence electrons. The second-order valence-corrected chi connectivity index (χ2v) is 6.41. The largest absolute Gasteiger partial charge is 0.467 e. The van der Waals surface area contributed by atoms with E-state index in [2.05, 4.69) is 4.99 Å². The van der Waals surface area contributed by atoms with Gasteiger partial charge in [-0.1, -0.05) is 30.3 Å². The molecule has 3 aromatic rings. The maximum Gasteiger partial charge on any atom is 0.442 e. The van der Waals surface area contributed by atoms with E-state index in [1.807, 2.05) is 0 Å². The quantitative estimate of drug-likeness (QED) is 0.690. The highest BCUT2D eigenvalue weighted by Crippen LogP contribution is 2.39. The maximum atomic E-state index is 14.2. The van der Waals surface area contributed by atoms with Crippen molar-refractivity contribution in [1.29, 1.82) is 0 Å². The van der Waals surface area contributed by atoms with E-state index in [1.54, 1.807) is 29.6 Å². The summed E-state index contributed by atoms with van der Waals surface area (Å²) in [5, 5.41) is 1.73. The van der Waals surface area contributed by atoms with Gasteiger partial charge in [0.25, 0.3) is 11.8 Å². The first kappa shape index (κ1) is 19.5. The Morgan fingerprint density at radius 2 is 1.73 bits per heavy atom. The van der Waals surface area contributed by atoms with E-state index < -0.39 is 23.7 Å². The van der Waals surface area contributed by atoms with E-state index in [1.165, 1.54) is 36.6 Å². The minimum absolute atomic E-state index is 0.242. The lowest BCUT2D eigenvalue weighted by Gasteiger charge is -2.28. The Balaban J connectivity index is 1.81. The molecule has 1 N–H and O–H groups in total. The van der Waals surface area contributed by atoms with Crippen LogP contribution in [-0.2, 0) is 11.3 Å². The fourth-order valence-electron chi connectivity index (χ4n) is 3.04. The predicted octanol–water partition coefficient (Wildman–Crippen LogP) is 3.35. The van der Waals surface area contributed by atoms with Crippen LogP contribution in [0.2, 0.25) is 0 Å². The summed E-state index contributed by atoms with van der Waals surface area (Å²) in [4.78, 5) is 30.0. The number of alkyl halides is 3. The average molecular weight is 417 g/mol. The van der Waals surface area contributed by atoms with Gasteiger partial charge in [-0.05, 0) is 24.3 Å². The van der Waals surface area contributed by atoms with E-state index in [0.717, 1.165) is 11.2 Å². The van der Waals surface area contributed by atoms with E-state index >= 15 is 0 Å². The third-order valence-corrected chi connectivity index (χ3v) is 4.46. The zero-order valence-corrected chi connectivity index (χ0v) is 15.2. The van der Waals surface area contributed by atoms with Crippen LogP contribution in [0.25, 0.3) is 0 Å². The van der Waals surface area contributed by atoms with Crippen LogP contribution in [0.1, 0.15) is 21.9 Å². The summed E-state index contributed by atoms with van der Waals surface area (Å²) in [6.07, 6.45) is -2.75. The van der Waals surface area contributed by atoms with Crippen LogP contribution >= 0.6 is 0 Å². The molecule has 1 unspecified atom stereocenters. The number of amides is 2. The molecule has 0 bridgehead atoms. The number of rotatable bonds is 5. The van der Waals surface area contributed by atoms with Gasteiger partial charge in [-0.2, -0.15) is 13.2 Å². The first-order valence-corrected chi connectivity index (χ1v) is 8.74. The molecule has 7 nitrogen and oxygen atoms in total. The number of hydrogen-bond donors (Lipinski definition) is 1. The molecule has 3 heterocycles. The van der Waals surface area contributed by atoms with Gasteiger partial charge in [-0.15, -0.1) is 0 Å². The Kier molecular flexibility index (Phi) is 4.69. The molecule has 0 aliphatic carbocycles. The van der Waals surface area contributed by atoms with Gasteiger partial charge in [0, 0.05) is 5.56 Å². The van der Waals surface area contributed by atoms with Gasteiger partial charge in [0.05, 0.1) is 19.1 Å². The fraction of sp³-hybridized carbons (Fsp3) is 0.150. The lowest BCUT2D eigenvalue weighted by atomic mass is 10.1. The number of carbonyl (C=O) groups excluding carboxylic acids is 2. The molecule has 1 aliphatic rings. The molecule has 1 aliphatic heterocycles. The van der Waals surface area contributed by atoms with Crippen molar-refractivity contribution >= 4 is 17.6 Å². The molecule has 0 saturated carbocycles. The highest BCUT2D eigenvalue weighted by atomic mass is 19.4. The topological polar surface area (TPSA) is 88.0 Å². The molecule has 0 radical (unpaired) electrons. The molecule has 2 amide bonds. The normalized spacial score (nSPS) is 19.1. The van der Waals surface area contributed by atoms with Crippen molar-refractivity contribution in [2.75, 3.05) is 0 Å². The SMILES string of the molecule is O=C(NC1(C(F)(F)F)N=C(c2ccccc2)N(Cc2ccco2)C1=O)c1ccco1. The zero-order chi connectivity index (χ0) is 21.4. The van der Waals surface area contributed by atoms with Crippen LogP contribution in [0.3, 0.4) is 0 Å². The second-order valence-electron chi connectivity index (χ2n) is 6.41. The van der Waals surface area contributed by atoms with Gasteiger partial charge >= 0.3 is 11.8 Å². The molecule has 4 rings (SSSR count). The smallest absolute Gasteiger partial charge is 0.442 e. The number of hydrogen-bond acceptors (Lipinski definition) is 5. The number of benzene rings is 1. The number of amidine groups is 1. The molecule has 1 atom stereocenters. The molecule has 10 heteroatoms. The predicted molar refractivity (Wildman–Crippen MR) is 97.2 cm³/mol. The van der Waals surface area contributed by atoms with Crippen LogP contribution < -0.4 is 5.32 Å². The van der Waals surface area contributed by atoms with Crippen molar-refractivity contribution in [3.8, 4) is 0 Å². The highest BCUT2D eigenvalue weighted by Gasteiger charge is 2.67. The Labute approximate surface area is 167 Å². The number of carbonyl (C=O) groups is 2. The monoisotopic (exact) mass is 417 g/mol. The summed E-state index contributed by atoms with van der Waals surface area (Å²) >= 11 is 0. The third-order valence-electron chi connectivity index (χ3n) is 4.46. The zero-order valence-electron chi connectivity index (χ0n) is 15.2. The van der Waals surface area contributed by atoms with Crippen molar-refractivity contribution < 1.29 is 31.6 Å². The summed E-state index contributed by atoms with van der Waals surface area (Å²) in [5.41, 5.74) is -3.23. The standard InChI is InChI=1S/C20H14F3N3O4/c21-20(22,23)19(25-17(27)15-9-5-11-30-15)18(28)26(12-14-8-4-10-29-14)16(24-19)13-6-2-1-3-7-13/h1-11H,12H2,(H,25,27). The first-order chi connectivity index (χ1) is 14.3. The number of furan rings is 2. The molecule has 2 aromatic heterocycles. The average Bonchev–Trinajstić information content (AvgIpc) is 3.46. The van der Waals surface area contributed by atoms with E-state index in [9.17, 15) is 22.8 Å². The summed E-state index contributed by atoms with van der Waals surface area (Å²) < 4.78 is 52.6. The fourth-order valence-corrected chi connectivity index (χ4v) is 3.04. The van der Waals surface area contributed by atoms with Gasteiger partial charge in [0.15, 0.2) is 5.76 Å². The first-order valence-electron chi connectivity index (χ1n) is 8.74. The number of nitrogens with one attached hydrogen (secondary N) is 1. The number of aliphatic imine (C=N–C) groups is 1. The van der Waals surface area contributed by atoms with E-state index in [0.29, 0.717) is 0 Å². The number of halogens is 3. The molecular weight excluding hydrogens is 403 g/mol. The Morgan fingerprint density at radius 1 is 1.03 bits per heavy atom. The maximum absolute atomic E-state index is 14.2. The lowest BCUT2D eigenvalue weighted by Crippen LogP contribution is -2.63. The Hall–Kier alpha value is -3.82. The van der Waals surface area contributed by atoms with Gasteiger partial charge in [0.2, 0.25) is 0 Å². The van der Waals surface area contributed by atoms with Crippen LogP contribution in [0.4, 0.5) is 13.2 Å². The van der Waals surface area contributed by atoms with Crippen LogP contribution in [0.5, 0.6) is 0 Å².